The molecule has 1 saturated heterocycles. The molecule has 2 N–H and O–H groups in total. The van der Waals surface area contributed by atoms with E-state index in [2.05, 4.69) is 19.8 Å². The normalized spacial score (nSPS) is 16.2. The molecular formula is C13H22N6O. The third kappa shape index (κ3) is 3.80. The number of amides is 1. The summed E-state index contributed by atoms with van der Waals surface area (Å²) in [5.41, 5.74) is 5.18. The highest BCUT2D eigenvalue weighted by Crippen LogP contribution is 2.17. The van der Waals surface area contributed by atoms with Gasteiger partial charge in [-0.15, -0.1) is 0 Å². The number of nitrogens with zero attached hydrogens (tertiary/aromatic N) is 5. The van der Waals surface area contributed by atoms with E-state index in [-0.39, 0.29) is 5.91 Å². The van der Waals surface area contributed by atoms with Crippen molar-refractivity contribution in [2.75, 3.05) is 56.6 Å². The summed E-state index contributed by atoms with van der Waals surface area (Å²) in [7, 11) is 3.93. The van der Waals surface area contributed by atoms with E-state index in [0.717, 1.165) is 44.4 Å². The summed E-state index contributed by atoms with van der Waals surface area (Å²) >= 11 is 0. The highest BCUT2D eigenvalue weighted by molar-refractivity contribution is 5.73. The topological polar surface area (TPSA) is 78.6 Å². The second kappa shape index (κ2) is 6.51. The monoisotopic (exact) mass is 278 g/mol. The number of primary amides is 1. The fraction of sp³-hybridized carbons (Fsp3) is 0.615. The summed E-state index contributed by atoms with van der Waals surface area (Å²) in [5, 5.41) is 0. The van der Waals surface area contributed by atoms with Gasteiger partial charge in [0, 0.05) is 59.3 Å². The van der Waals surface area contributed by atoms with Crippen molar-refractivity contribution in [1.29, 1.82) is 0 Å². The molecule has 1 aliphatic rings. The minimum absolute atomic E-state index is 0.237. The van der Waals surface area contributed by atoms with Crippen LogP contribution in [0.3, 0.4) is 0 Å². The van der Waals surface area contributed by atoms with Crippen LogP contribution in [-0.2, 0) is 4.79 Å². The molecule has 20 heavy (non-hydrogen) atoms. The van der Waals surface area contributed by atoms with Crippen LogP contribution in [0, 0.1) is 0 Å². The van der Waals surface area contributed by atoms with Gasteiger partial charge in [-0.25, -0.2) is 9.97 Å². The van der Waals surface area contributed by atoms with Gasteiger partial charge >= 0.3 is 0 Å². The molecule has 2 rings (SSSR count). The maximum absolute atomic E-state index is 10.8. The number of aromatic nitrogens is 2. The average Bonchev–Trinajstić information content (AvgIpc) is 2.46. The molecule has 1 aromatic heterocycles. The van der Waals surface area contributed by atoms with Crippen molar-refractivity contribution in [2.24, 2.45) is 5.73 Å². The fourth-order valence-corrected chi connectivity index (χ4v) is 2.22. The lowest BCUT2D eigenvalue weighted by atomic mass is 10.3. The zero-order valence-electron chi connectivity index (χ0n) is 12.1. The molecule has 0 aromatic carbocycles. The molecule has 1 fully saturated rings. The van der Waals surface area contributed by atoms with E-state index in [0.29, 0.717) is 6.42 Å². The van der Waals surface area contributed by atoms with Crippen LogP contribution in [0.1, 0.15) is 6.42 Å². The highest BCUT2D eigenvalue weighted by Gasteiger charge is 2.18. The molecular weight excluding hydrogens is 256 g/mol. The average molecular weight is 278 g/mol. The first-order valence-electron chi connectivity index (χ1n) is 6.81. The molecule has 0 spiro atoms. The van der Waals surface area contributed by atoms with Crippen LogP contribution in [0.4, 0.5) is 11.6 Å². The molecule has 1 aliphatic heterocycles. The van der Waals surface area contributed by atoms with E-state index in [1.807, 2.05) is 25.1 Å². The van der Waals surface area contributed by atoms with Crippen molar-refractivity contribution >= 4 is 17.5 Å². The number of piperazine rings is 1. The standard InChI is InChI=1S/C13H22N6O/c1-17(2)12-9-13(16-10-15-12)19-7-5-18(6-8-19)4-3-11(14)20/h9-10H,3-8H2,1-2H3,(H2,14,20). The summed E-state index contributed by atoms with van der Waals surface area (Å²) in [6, 6.07) is 2.00. The molecule has 7 nitrogen and oxygen atoms in total. The molecule has 0 aliphatic carbocycles. The predicted octanol–water partition coefficient (Wildman–Crippen LogP) is -0.460. The number of carbonyl (C=O) groups excluding carboxylic acids is 1. The smallest absolute Gasteiger partial charge is 0.218 e. The SMILES string of the molecule is CN(C)c1cc(N2CCN(CCC(N)=O)CC2)ncn1. The van der Waals surface area contributed by atoms with Crippen molar-refractivity contribution in [3.8, 4) is 0 Å². The van der Waals surface area contributed by atoms with E-state index in [1.165, 1.54) is 0 Å². The Morgan fingerprint density at radius 2 is 2.00 bits per heavy atom. The fourth-order valence-electron chi connectivity index (χ4n) is 2.22. The number of hydrogen-bond acceptors (Lipinski definition) is 6. The summed E-state index contributed by atoms with van der Waals surface area (Å²) < 4.78 is 0. The van der Waals surface area contributed by atoms with E-state index < -0.39 is 0 Å². The Balaban J connectivity index is 1.90. The van der Waals surface area contributed by atoms with E-state index in [1.54, 1.807) is 6.33 Å². The Morgan fingerprint density at radius 3 is 2.60 bits per heavy atom. The number of carbonyl (C=O) groups is 1. The molecule has 0 bridgehead atoms. The van der Waals surface area contributed by atoms with Crippen LogP contribution in [0.15, 0.2) is 12.4 Å². The summed E-state index contributed by atoms with van der Waals surface area (Å²) in [4.78, 5) is 25.8. The zero-order chi connectivity index (χ0) is 14.5. The van der Waals surface area contributed by atoms with Gasteiger partial charge in [0.2, 0.25) is 5.91 Å². The second-order valence-electron chi connectivity index (χ2n) is 5.17. The summed E-state index contributed by atoms with van der Waals surface area (Å²) in [5.74, 6) is 1.63. The lowest BCUT2D eigenvalue weighted by Crippen LogP contribution is -2.47. The minimum Gasteiger partial charge on any atom is -0.370 e. The Hall–Kier alpha value is -1.89. The van der Waals surface area contributed by atoms with Gasteiger partial charge in [0.15, 0.2) is 0 Å². The van der Waals surface area contributed by atoms with Crippen LogP contribution >= 0.6 is 0 Å². The second-order valence-corrected chi connectivity index (χ2v) is 5.17. The maximum Gasteiger partial charge on any atom is 0.218 e. The number of nitrogens with two attached hydrogens (primary N) is 1. The van der Waals surface area contributed by atoms with Crippen molar-refractivity contribution in [1.82, 2.24) is 14.9 Å². The Morgan fingerprint density at radius 1 is 1.30 bits per heavy atom. The van der Waals surface area contributed by atoms with Crippen LogP contribution in [-0.4, -0.2) is 67.6 Å². The van der Waals surface area contributed by atoms with E-state index in [4.69, 9.17) is 5.73 Å². The van der Waals surface area contributed by atoms with Gasteiger partial charge in [0.1, 0.15) is 18.0 Å². The first-order chi connectivity index (χ1) is 9.56. The first kappa shape index (κ1) is 14.5. The largest absolute Gasteiger partial charge is 0.370 e. The molecule has 0 radical (unpaired) electrons. The number of anilines is 2. The van der Waals surface area contributed by atoms with Gasteiger partial charge < -0.3 is 15.5 Å². The van der Waals surface area contributed by atoms with Crippen molar-refractivity contribution in [3.05, 3.63) is 12.4 Å². The van der Waals surface area contributed by atoms with Crippen molar-refractivity contribution in [2.45, 2.75) is 6.42 Å². The molecule has 0 atom stereocenters. The van der Waals surface area contributed by atoms with Crippen LogP contribution < -0.4 is 15.5 Å². The Labute approximate surface area is 119 Å². The quantitative estimate of drug-likeness (QED) is 0.785. The Bertz CT molecular complexity index is 456. The molecule has 110 valence electrons. The van der Waals surface area contributed by atoms with Crippen LogP contribution in [0.5, 0.6) is 0 Å². The van der Waals surface area contributed by atoms with E-state index in [9.17, 15) is 4.79 Å². The number of rotatable bonds is 5. The predicted molar refractivity (Wildman–Crippen MR) is 78.8 cm³/mol. The van der Waals surface area contributed by atoms with Gasteiger partial charge in [-0.1, -0.05) is 0 Å². The van der Waals surface area contributed by atoms with Crippen molar-refractivity contribution in [3.63, 3.8) is 0 Å². The van der Waals surface area contributed by atoms with Crippen molar-refractivity contribution < 1.29 is 4.79 Å². The highest BCUT2D eigenvalue weighted by atomic mass is 16.1. The molecule has 1 aromatic rings. The lowest BCUT2D eigenvalue weighted by Gasteiger charge is -2.35. The summed E-state index contributed by atoms with van der Waals surface area (Å²) in [6.07, 6.45) is 2.03. The Kier molecular flexibility index (Phi) is 4.73. The third-order valence-electron chi connectivity index (χ3n) is 3.47. The minimum atomic E-state index is -0.237. The van der Waals surface area contributed by atoms with Crippen LogP contribution in [0.2, 0.25) is 0 Å². The van der Waals surface area contributed by atoms with E-state index >= 15 is 0 Å². The molecule has 7 heteroatoms. The van der Waals surface area contributed by atoms with Gasteiger partial charge in [0.25, 0.3) is 0 Å². The molecule has 0 saturated carbocycles. The van der Waals surface area contributed by atoms with Gasteiger partial charge in [-0.3, -0.25) is 9.69 Å². The molecule has 0 unspecified atom stereocenters. The number of hydrogen-bond donors (Lipinski definition) is 1. The molecule has 1 amide bonds. The summed E-state index contributed by atoms with van der Waals surface area (Å²) in [6.45, 7) is 4.41. The first-order valence-corrected chi connectivity index (χ1v) is 6.81. The lowest BCUT2D eigenvalue weighted by molar-refractivity contribution is -0.118. The van der Waals surface area contributed by atoms with Gasteiger partial charge in [0.05, 0.1) is 0 Å². The zero-order valence-corrected chi connectivity index (χ0v) is 12.1. The van der Waals surface area contributed by atoms with Gasteiger partial charge in [-0.2, -0.15) is 0 Å². The van der Waals surface area contributed by atoms with Gasteiger partial charge in [-0.05, 0) is 0 Å². The third-order valence-corrected chi connectivity index (χ3v) is 3.47. The molecule has 2 heterocycles. The maximum atomic E-state index is 10.8. The van der Waals surface area contributed by atoms with Crippen LogP contribution in [0.25, 0.3) is 0 Å².